The van der Waals surface area contributed by atoms with Gasteiger partial charge in [0.2, 0.25) is 0 Å². The second kappa shape index (κ2) is 7.60. The molecule has 2 heteroatoms. The molecule has 2 nitrogen and oxygen atoms in total. The quantitative estimate of drug-likeness (QED) is 0.604. The third-order valence-corrected chi connectivity index (χ3v) is 4.15. The first kappa shape index (κ1) is 16.0. The van der Waals surface area contributed by atoms with E-state index >= 15 is 0 Å². The first-order valence-electron chi connectivity index (χ1n) is 8.05. The van der Waals surface area contributed by atoms with Gasteiger partial charge in [-0.2, -0.15) is 0 Å². The molecule has 1 atom stereocenters. The predicted molar refractivity (Wildman–Crippen MR) is 96.7 cm³/mol. The van der Waals surface area contributed by atoms with Crippen LogP contribution in [0.2, 0.25) is 0 Å². The van der Waals surface area contributed by atoms with Crippen molar-refractivity contribution in [1.82, 2.24) is 0 Å². The van der Waals surface area contributed by atoms with Crippen LogP contribution in [-0.4, -0.2) is 12.9 Å². The fourth-order valence-corrected chi connectivity index (χ4v) is 2.89. The van der Waals surface area contributed by atoms with E-state index in [1.807, 2.05) is 84.9 Å². The fourth-order valence-electron chi connectivity index (χ4n) is 2.89. The van der Waals surface area contributed by atoms with Gasteiger partial charge in [0.05, 0.1) is 13.0 Å². The Morgan fingerprint density at radius 1 is 0.875 bits per heavy atom. The standard InChI is InChI=1S/C22H20O2/c1-24-20-14-8-9-17(15-20)16-21(18-10-4-2-5-11-18)22(23)19-12-6-3-7-13-19/h2-15,21H,16H2,1H3. The number of hydrogen-bond acceptors (Lipinski definition) is 2. The van der Waals surface area contributed by atoms with Gasteiger partial charge in [-0.05, 0) is 29.7 Å². The molecule has 0 bridgehead atoms. The summed E-state index contributed by atoms with van der Waals surface area (Å²) in [6, 6.07) is 27.4. The van der Waals surface area contributed by atoms with Crippen molar-refractivity contribution in [1.29, 1.82) is 0 Å². The van der Waals surface area contributed by atoms with Gasteiger partial charge in [-0.25, -0.2) is 0 Å². The van der Waals surface area contributed by atoms with Crippen LogP contribution in [0.3, 0.4) is 0 Å². The number of benzene rings is 3. The number of carbonyl (C=O) groups is 1. The van der Waals surface area contributed by atoms with Crippen molar-refractivity contribution in [2.75, 3.05) is 7.11 Å². The lowest BCUT2D eigenvalue weighted by Crippen LogP contribution is -2.15. The number of methoxy groups -OCH3 is 1. The van der Waals surface area contributed by atoms with Gasteiger partial charge in [0, 0.05) is 5.56 Å². The Labute approximate surface area is 142 Å². The Hall–Kier alpha value is -2.87. The lowest BCUT2D eigenvalue weighted by molar-refractivity contribution is 0.0959. The summed E-state index contributed by atoms with van der Waals surface area (Å²) in [7, 11) is 1.66. The molecule has 3 aromatic carbocycles. The molecule has 3 rings (SSSR count). The second-order valence-corrected chi connectivity index (χ2v) is 5.75. The molecular weight excluding hydrogens is 296 g/mol. The summed E-state index contributed by atoms with van der Waals surface area (Å²) in [5.41, 5.74) is 2.87. The van der Waals surface area contributed by atoms with Gasteiger partial charge in [0.1, 0.15) is 5.75 Å². The van der Waals surface area contributed by atoms with E-state index in [4.69, 9.17) is 4.74 Å². The zero-order valence-corrected chi connectivity index (χ0v) is 13.7. The average Bonchev–Trinajstić information content (AvgIpc) is 2.67. The van der Waals surface area contributed by atoms with Gasteiger partial charge in [-0.3, -0.25) is 4.79 Å². The van der Waals surface area contributed by atoms with Crippen LogP contribution in [0, 0.1) is 0 Å². The third kappa shape index (κ3) is 3.72. The van der Waals surface area contributed by atoms with Crippen LogP contribution in [0.4, 0.5) is 0 Å². The van der Waals surface area contributed by atoms with Gasteiger partial charge in [0.15, 0.2) is 5.78 Å². The van der Waals surface area contributed by atoms with E-state index in [2.05, 4.69) is 0 Å². The Kier molecular flexibility index (Phi) is 5.07. The lowest BCUT2D eigenvalue weighted by Gasteiger charge is -2.17. The van der Waals surface area contributed by atoms with Gasteiger partial charge in [-0.1, -0.05) is 72.8 Å². The van der Waals surface area contributed by atoms with Gasteiger partial charge in [0.25, 0.3) is 0 Å². The van der Waals surface area contributed by atoms with Crippen LogP contribution in [0.25, 0.3) is 0 Å². The molecule has 0 N–H and O–H groups in total. The maximum atomic E-state index is 13.1. The van der Waals surface area contributed by atoms with Crippen molar-refractivity contribution < 1.29 is 9.53 Å². The van der Waals surface area contributed by atoms with Crippen molar-refractivity contribution in [3.63, 3.8) is 0 Å². The van der Waals surface area contributed by atoms with Crippen LogP contribution in [0.1, 0.15) is 27.4 Å². The molecule has 0 aliphatic carbocycles. The Bertz CT molecular complexity index is 794. The minimum atomic E-state index is -0.208. The molecule has 0 saturated heterocycles. The first-order valence-corrected chi connectivity index (χ1v) is 8.05. The highest BCUT2D eigenvalue weighted by Crippen LogP contribution is 2.26. The zero-order chi connectivity index (χ0) is 16.8. The smallest absolute Gasteiger partial charge is 0.170 e. The number of Topliss-reactive ketones (excluding diaryl/α,β-unsaturated/α-hetero) is 1. The Morgan fingerprint density at radius 2 is 1.54 bits per heavy atom. The van der Waals surface area contributed by atoms with Crippen LogP contribution in [-0.2, 0) is 6.42 Å². The highest BCUT2D eigenvalue weighted by Gasteiger charge is 2.22. The fraction of sp³-hybridized carbons (Fsp3) is 0.136. The molecule has 0 radical (unpaired) electrons. The van der Waals surface area contributed by atoms with E-state index in [-0.39, 0.29) is 11.7 Å². The Balaban J connectivity index is 1.95. The summed E-state index contributed by atoms with van der Waals surface area (Å²) in [5, 5.41) is 0. The third-order valence-electron chi connectivity index (χ3n) is 4.15. The molecule has 0 fully saturated rings. The number of ketones is 1. The maximum absolute atomic E-state index is 13.1. The van der Waals surface area contributed by atoms with Gasteiger partial charge >= 0.3 is 0 Å². The number of ether oxygens (including phenoxy) is 1. The molecule has 24 heavy (non-hydrogen) atoms. The molecule has 0 heterocycles. The van der Waals surface area contributed by atoms with E-state index in [0.29, 0.717) is 6.42 Å². The normalized spacial score (nSPS) is 11.7. The molecule has 0 aromatic heterocycles. The minimum Gasteiger partial charge on any atom is -0.497 e. The van der Waals surface area contributed by atoms with E-state index in [1.54, 1.807) is 7.11 Å². The van der Waals surface area contributed by atoms with Gasteiger partial charge < -0.3 is 4.74 Å². The minimum absolute atomic E-state index is 0.143. The zero-order valence-electron chi connectivity index (χ0n) is 13.7. The molecule has 3 aromatic rings. The molecule has 0 aliphatic heterocycles. The predicted octanol–water partition coefficient (Wildman–Crippen LogP) is 4.90. The van der Waals surface area contributed by atoms with Crippen molar-refractivity contribution in [3.8, 4) is 5.75 Å². The van der Waals surface area contributed by atoms with E-state index in [1.165, 1.54) is 0 Å². The summed E-state index contributed by atoms with van der Waals surface area (Å²) in [6.45, 7) is 0. The Morgan fingerprint density at radius 3 is 2.21 bits per heavy atom. The van der Waals surface area contributed by atoms with Crippen molar-refractivity contribution in [3.05, 3.63) is 102 Å². The maximum Gasteiger partial charge on any atom is 0.170 e. The van der Waals surface area contributed by atoms with Crippen LogP contribution in [0.5, 0.6) is 5.75 Å². The number of carbonyl (C=O) groups excluding carboxylic acids is 1. The second-order valence-electron chi connectivity index (χ2n) is 5.75. The summed E-state index contributed by atoms with van der Waals surface area (Å²) in [4.78, 5) is 13.1. The highest BCUT2D eigenvalue weighted by molar-refractivity contribution is 6.01. The summed E-state index contributed by atoms with van der Waals surface area (Å²) >= 11 is 0. The van der Waals surface area contributed by atoms with Crippen molar-refractivity contribution >= 4 is 5.78 Å². The SMILES string of the molecule is COc1cccc(CC(C(=O)c2ccccc2)c2ccccc2)c1. The first-order chi connectivity index (χ1) is 11.8. The van der Waals surface area contributed by atoms with E-state index in [9.17, 15) is 4.79 Å². The average molecular weight is 316 g/mol. The molecular formula is C22H20O2. The number of rotatable bonds is 6. The summed E-state index contributed by atoms with van der Waals surface area (Å²) in [5.74, 6) is 0.747. The molecule has 1 unspecified atom stereocenters. The van der Waals surface area contributed by atoms with Crippen molar-refractivity contribution in [2.45, 2.75) is 12.3 Å². The lowest BCUT2D eigenvalue weighted by atomic mass is 9.85. The molecule has 120 valence electrons. The number of hydrogen-bond donors (Lipinski definition) is 0. The highest BCUT2D eigenvalue weighted by atomic mass is 16.5. The topological polar surface area (TPSA) is 26.3 Å². The molecule has 0 saturated carbocycles. The van der Waals surface area contributed by atoms with Crippen LogP contribution >= 0.6 is 0 Å². The molecule has 0 spiro atoms. The van der Waals surface area contributed by atoms with Gasteiger partial charge in [-0.15, -0.1) is 0 Å². The monoisotopic (exact) mass is 316 g/mol. The van der Waals surface area contributed by atoms with Crippen LogP contribution < -0.4 is 4.74 Å². The summed E-state index contributed by atoms with van der Waals surface area (Å²) in [6.07, 6.45) is 0.648. The van der Waals surface area contributed by atoms with E-state index < -0.39 is 0 Å². The van der Waals surface area contributed by atoms with Crippen molar-refractivity contribution in [2.24, 2.45) is 0 Å². The van der Waals surface area contributed by atoms with E-state index in [0.717, 1.165) is 22.4 Å². The summed E-state index contributed by atoms with van der Waals surface area (Å²) < 4.78 is 5.30. The molecule has 0 aliphatic rings. The van der Waals surface area contributed by atoms with Crippen LogP contribution in [0.15, 0.2) is 84.9 Å². The largest absolute Gasteiger partial charge is 0.497 e. The molecule has 0 amide bonds.